The van der Waals surface area contributed by atoms with Crippen molar-refractivity contribution < 1.29 is 8.42 Å². The van der Waals surface area contributed by atoms with Crippen molar-refractivity contribution in [3.8, 4) is 0 Å². The van der Waals surface area contributed by atoms with E-state index in [4.69, 9.17) is 0 Å². The molecular formula is C15H26N2O2S. The molecule has 5 heteroatoms. The van der Waals surface area contributed by atoms with Crippen LogP contribution in [0.25, 0.3) is 0 Å². The Kier molecular flexibility index (Phi) is 7.62. The van der Waals surface area contributed by atoms with E-state index in [0.717, 1.165) is 32.4 Å². The average Bonchev–Trinajstić information content (AvgIpc) is 2.41. The van der Waals surface area contributed by atoms with Crippen LogP contribution in [0.1, 0.15) is 38.7 Å². The quantitative estimate of drug-likeness (QED) is 0.653. The highest BCUT2D eigenvalue weighted by Crippen LogP contribution is 2.12. The molecule has 0 aliphatic carbocycles. The van der Waals surface area contributed by atoms with Crippen molar-refractivity contribution in [1.29, 1.82) is 0 Å². The smallest absolute Gasteiger partial charge is 0.232 e. The van der Waals surface area contributed by atoms with Crippen molar-refractivity contribution >= 4 is 15.7 Å². The predicted molar refractivity (Wildman–Crippen MR) is 85.6 cm³/mol. The van der Waals surface area contributed by atoms with E-state index in [2.05, 4.69) is 23.9 Å². The fourth-order valence-electron chi connectivity index (χ4n) is 1.95. The molecule has 2 N–H and O–H groups in total. The van der Waals surface area contributed by atoms with Gasteiger partial charge in [-0.3, -0.25) is 4.72 Å². The van der Waals surface area contributed by atoms with E-state index in [1.807, 2.05) is 24.3 Å². The van der Waals surface area contributed by atoms with Gasteiger partial charge in [-0.25, -0.2) is 8.42 Å². The van der Waals surface area contributed by atoms with E-state index < -0.39 is 10.0 Å². The van der Waals surface area contributed by atoms with Crippen LogP contribution in [-0.4, -0.2) is 27.3 Å². The lowest BCUT2D eigenvalue weighted by molar-refractivity contribution is 0.593. The molecule has 1 aromatic rings. The fraction of sp³-hybridized carbons (Fsp3) is 0.600. The van der Waals surface area contributed by atoms with Gasteiger partial charge < -0.3 is 5.32 Å². The van der Waals surface area contributed by atoms with Crippen molar-refractivity contribution in [3.63, 3.8) is 0 Å². The van der Waals surface area contributed by atoms with Crippen LogP contribution in [0.15, 0.2) is 24.3 Å². The zero-order chi connectivity index (χ0) is 14.8. The second-order valence-corrected chi connectivity index (χ2v) is 6.81. The summed E-state index contributed by atoms with van der Waals surface area (Å²) in [5.41, 5.74) is 1.88. The van der Waals surface area contributed by atoms with Gasteiger partial charge in [-0.15, -0.1) is 0 Å². The second kappa shape index (κ2) is 8.97. The first-order valence-corrected chi connectivity index (χ1v) is 9.02. The number of aryl methyl sites for hydroxylation is 1. The number of rotatable bonds is 10. The normalized spacial score (nSPS) is 11.5. The molecule has 0 aromatic heterocycles. The van der Waals surface area contributed by atoms with Gasteiger partial charge in [0.25, 0.3) is 0 Å². The summed E-state index contributed by atoms with van der Waals surface area (Å²) in [4.78, 5) is 0. The average molecular weight is 298 g/mol. The third-order valence-corrected chi connectivity index (χ3v) is 4.33. The van der Waals surface area contributed by atoms with Gasteiger partial charge in [-0.05, 0) is 50.0 Å². The molecule has 1 aromatic carbocycles. The lowest BCUT2D eigenvalue weighted by Gasteiger charge is -2.09. The minimum atomic E-state index is -3.24. The molecule has 0 unspecified atom stereocenters. The van der Waals surface area contributed by atoms with Crippen molar-refractivity contribution in [2.45, 2.75) is 39.5 Å². The van der Waals surface area contributed by atoms with Gasteiger partial charge in [0.05, 0.1) is 5.75 Å². The zero-order valence-electron chi connectivity index (χ0n) is 12.5. The summed E-state index contributed by atoms with van der Waals surface area (Å²) in [7, 11) is -3.24. The molecule has 0 radical (unpaired) electrons. The van der Waals surface area contributed by atoms with Gasteiger partial charge in [-0.1, -0.05) is 32.4 Å². The molecule has 0 saturated carbocycles. The first-order valence-electron chi connectivity index (χ1n) is 7.37. The maximum atomic E-state index is 11.9. The Morgan fingerprint density at radius 3 is 2.30 bits per heavy atom. The Balaban J connectivity index is 2.41. The minimum absolute atomic E-state index is 0.153. The highest BCUT2D eigenvalue weighted by atomic mass is 32.2. The van der Waals surface area contributed by atoms with Crippen LogP contribution in [-0.2, 0) is 16.4 Å². The van der Waals surface area contributed by atoms with Gasteiger partial charge in [0, 0.05) is 5.69 Å². The van der Waals surface area contributed by atoms with Crippen LogP contribution >= 0.6 is 0 Å². The summed E-state index contributed by atoms with van der Waals surface area (Å²) in [6, 6.07) is 7.62. The van der Waals surface area contributed by atoms with Crippen LogP contribution in [0.3, 0.4) is 0 Å². The number of benzene rings is 1. The lowest BCUT2D eigenvalue weighted by Crippen LogP contribution is -2.22. The Labute approximate surface area is 123 Å². The Bertz CT molecular complexity index is 469. The van der Waals surface area contributed by atoms with Crippen LogP contribution in [0.2, 0.25) is 0 Å². The molecule has 0 saturated heterocycles. The topological polar surface area (TPSA) is 58.2 Å². The molecule has 0 heterocycles. The summed E-state index contributed by atoms with van der Waals surface area (Å²) in [5.74, 6) is 0.153. The van der Waals surface area contributed by atoms with Crippen molar-refractivity contribution in [1.82, 2.24) is 5.32 Å². The Hall–Kier alpha value is -1.07. The molecule has 0 aliphatic heterocycles. The number of hydrogen-bond acceptors (Lipinski definition) is 3. The van der Waals surface area contributed by atoms with Gasteiger partial charge >= 0.3 is 0 Å². The SMILES string of the molecule is CCCNCCCS(=O)(=O)Nc1ccc(CCC)cc1. The molecule has 0 aliphatic rings. The lowest BCUT2D eigenvalue weighted by atomic mass is 10.1. The summed E-state index contributed by atoms with van der Waals surface area (Å²) in [6.07, 6.45) is 3.81. The van der Waals surface area contributed by atoms with Gasteiger partial charge in [-0.2, -0.15) is 0 Å². The third-order valence-electron chi connectivity index (χ3n) is 2.96. The molecule has 4 nitrogen and oxygen atoms in total. The molecular weight excluding hydrogens is 272 g/mol. The molecule has 114 valence electrons. The van der Waals surface area contributed by atoms with Crippen LogP contribution < -0.4 is 10.0 Å². The predicted octanol–water partition coefficient (Wildman–Crippen LogP) is 2.77. The number of anilines is 1. The Morgan fingerprint density at radius 2 is 1.70 bits per heavy atom. The summed E-state index contributed by atoms with van der Waals surface area (Å²) < 4.78 is 26.4. The van der Waals surface area contributed by atoms with E-state index in [1.54, 1.807) is 0 Å². The van der Waals surface area contributed by atoms with E-state index in [9.17, 15) is 8.42 Å². The van der Waals surface area contributed by atoms with Crippen LogP contribution in [0, 0.1) is 0 Å². The van der Waals surface area contributed by atoms with Gasteiger partial charge in [0.15, 0.2) is 0 Å². The fourth-order valence-corrected chi connectivity index (χ4v) is 3.07. The van der Waals surface area contributed by atoms with Gasteiger partial charge in [0.2, 0.25) is 10.0 Å². The summed E-state index contributed by atoms with van der Waals surface area (Å²) in [5, 5.41) is 3.20. The van der Waals surface area contributed by atoms with E-state index in [0.29, 0.717) is 12.1 Å². The van der Waals surface area contributed by atoms with Crippen molar-refractivity contribution in [3.05, 3.63) is 29.8 Å². The largest absolute Gasteiger partial charge is 0.317 e. The highest BCUT2D eigenvalue weighted by Gasteiger charge is 2.09. The number of sulfonamides is 1. The number of nitrogens with one attached hydrogen (secondary N) is 2. The monoisotopic (exact) mass is 298 g/mol. The summed E-state index contributed by atoms with van der Waals surface area (Å²) >= 11 is 0. The first-order chi connectivity index (χ1) is 9.57. The molecule has 0 bridgehead atoms. The van der Waals surface area contributed by atoms with Gasteiger partial charge in [0.1, 0.15) is 0 Å². The molecule has 0 atom stereocenters. The molecule has 0 amide bonds. The maximum Gasteiger partial charge on any atom is 0.232 e. The van der Waals surface area contributed by atoms with Crippen LogP contribution in [0.4, 0.5) is 5.69 Å². The van der Waals surface area contributed by atoms with Crippen LogP contribution in [0.5, 0.6) is 0 Å². The Morgan fingerprint density at radius 1 is 1.00 bits per heavy atom. The number of hydrogen-bond donors (Lipinski definition) is 2. The van der Waals surface area contributed by atoms with E-state index >= 15 is 0 Å². The molecule has 1 rings (SSSR count). The van der Waals surface area contributed by atoms with E-state index in [1.165, 1.54) is 5.56 Å². The zero-order valence-corrected chi connectivity index (χ0v) is 13.3. The summed E-state index contributed by atoms with van der Waals surface area (Å²) in [6.45, 7) is 5.90. The van der Waals surface area contributed by atoms with E-state index in [-0.39, 0.29) is 5.75 Å². The third kappa shape index (κ3) is 6.91. The molecule has 20 heavy (non-hydrogen) atoms. The second-order valence-electron chi connectivity index (χ2n) is 4.97. The minimum Gasteiger partial charge on any atom is -0.317 e. The maximum absolute atomic E-state index is 11.9. The highest BCUT2D eigenvalue weighted by molar-refractivity contribution is 7.92. The first kappa shape index (κ1) is 17.0. The van der Waals surface area contributed by atoms with Crippen molar-refractivity contribution in [2.75, 3.05) is 23.6 Å². The van der Waals surface area contributed by atoms with Crippen molar-refractivity contribution in [2.24, 2.45) is 0 Å². The molecule has 0 fully saturated rings. The standard InChI is InChI=1S/C15H26N2O2S/c1-3-6-14-7-9-15(10-8-14)17-20(18,19)13-5-12-16-11-4-2/h7-10,16-17H,3-6,11-13H2,1-2H3. The molecule has 0 spiro atoms.